The zero-order valence-electron chi connectivity index (χ0n) is 14.0. The Hall–Kier alpha value is -2.38. The Kier molecular flexibility index (Phi) is 5.06. The summed E-state index contributed by atoms with van der Waals surface area (Å²) in [5.41, 5.74) is 0. The number of rotatable bonds is 4. The van der Waals surface area contributed by atoms with Crippen LogP contribution in [0.4, 0.5) is 0 Å². The largest absolute Gasteiger partial charge is 0.457 e. The van der Waals surface area contributed by atoms with Crippen molar-refractivity contribution in [3.63, 3.8) is 0 Å². The molecule has 25 heavy (non-hydrogen) atoms. The number of nitrogens with zero attached hydrogens (tertiary/aromatic N) is 2. The van der Waals surface area contributed by atoms with Gasteiger partial charge in [0, 0.05) is 33.1 Å². The van der Waals surface area contributed by atoms with Gasteiger partial charge in [-0.15, -0.1) is 0 Å². The maximum atomic E-state index is 12.7. The van der Waals surface area contributed by atoms with E-state index in [-0.39, 0.29) is 10.8 Å². The van der Waals surface area contributed by atoms with Gasteiger partial charge in [0.2, 0.25) is 15.9 Å². The molecule has 0 N–H and O–H groups in total. The predicted octanol–water partition coefficient (Wildman–Crippen LogP) is 2.33. The average molecular weight is 360 g/mol. The van der Waals surface area contributed by atoms with Gasteiger partial charge in [-0.1, -0.05) is 18.2 Å². The normalized spacial score (nSPS) is 15.8. The minimum atomic E-state index is -3.56. The van der Waals surface area contributed by atoms with E-state index in [1.807, 2.05) is 30.3 Å². The molecule has 2 aromatic rings. The van der Waals surface area contributed by atoms with E-state index in [4.69, 9.17) is 4.74 Å². The standard InChI is InChI=1S/C18H20N2O4S/c1-15(21)19-11-13-20(14-12-19)25(22,23)18-9-7-17(8-10-18)24-16-5-3-2-4-6-16/h2-10H,11-14H2,1H3. The lowest BCUT2D eigenvalue weighted by Crippen LogP contribution is -2.49. The van der Waals surface area contributed by atoms with Crippen LogP contribution < -0.4 is 4.74 Å². The molecule has 0 bridgehead atoms. The summed E-state index contributed by atoms with van der Waals surface area (Å²) in [4.78, 5) is 13.2. The van der Waals surface area contributed by atoms with Crippen LogP contribution in [-0.4, -0.2) is 49.7 Å². The first kappa shape index (κ1) is 17.4. The van der Waals surface area contributed by atoms with E-state index in [0.29, 0.717) is 37.7 Å². The molecule has 0 unspecified atom stereocenters. The quantitative estimate of drug-likeness (QED) is 0.839. The van der Waals surface area contributed by atoms with Crippen molar-refractivity contribution < 1.29 is 17.9 Å². The summed E-state index contributed by atoms with van der Waals surface area (Å²) in [7, 11) is -3.56. The van der Waals surface area contributed by atoms with E-state index < -0.39 is 10.0 Å². The number of sulfonamides is 1. The van der Waals surface area contributed by atoms with E-state index in [9.17, 15) is 13.2 Å². The van der Waals surface area contributed by atoms with Crippen molar-refractivity contribution in [2.75, 3.05) is 26.2 Å². The number of carbonyl (C=O) groups is 1. The number of carbonyl (C=O) groups excluding carboxylic acids is 1. The zero-order valence-corrected chi connectivity index (χ0v) is 14.8. The summed E-state index contributed by atoms with van der Waals surface area (Å²) in [5, 5.41) is 0. The fraction of sp³-hybridized carbons (Fsp3) is 0.278. The molecule has 0 atom stereocenters. The molecule has 7 heteroatoms. The molecule has 2 aromatic carbocycles. The first-order valence-corrected chi connectivity index (χ1v) is 9.49. The highest BCUT2D eigenvalue weighted by Gasteiger charge is 2.29. The number of benzene rings is 2. The van der Waals surface area contributed by atoms with E-state index in [2.05, 4.69) is 0 Å². The smallest absolute Gasteiger partial charge is 0.243 e. The molecule has 1 amide bonds. The Morgan fingerprint density at radius 2 is 1.44 bits per heavy atom. The van der Waals surface area contributed by atoms with Crippen LogP contribution in [0.15, 0.2) is 59.5 Å². The van der Waals surface area contributed by atoms with Gasteiger partial charge in [0.1, 0.15) is 11.5 Å². The number of hydrogen-bond acceptors (Lipinski definition) is 4. The van der Waals surface area contributed by atoms with Crippen molar-refractivity contribution in [2.45, 2.75) is 11.8 Å². The van der Waals surface area contributed by atoms with Gasteiger partial charge in [-0.3, -0.25) is 4.79 Å². The van der Waals surface area contributed by atoms with Gasteiger partial charge in [-0.2, -0.15) is 4.31 Å². The number of amides is 1. The Bertz CT molecular complexity index is 827. The van der Waals surface area contributed by atoms with Crippen LogP contribution >= 0.6 is 0 Å². The summed E-state index contributed by atoms with van der Waals surface area (Å²) < 4.78 is 32.5. The van der Waals surface area contributed by atoms with Gasteiger partial charge >= 0.3 is 0 Å². The zero-order chi connectivity index (χ0) is 17.9. The van der Waals surface area contributed by atoms with Gasteiger partial charge < -0.3 is 9.64 Å². The van der Waals surface area contributed by atoms with Crippen LogP contribution in [0, 0.1) is 0 Å². The summed E-state index contributed by atoms with van der Waals surface area (Å²) >= 11 is 0. The molecule has 3 rings (SSSR count). The number of hydrogen-bond donors (Lipinski definition) is 0. The highest BCUT2D eigenvalue weighted by molar-refractivity contribution is 7.89. The molecular weight excluding hydrogens is 340 g/mol. The Labute approximate surface area is 147 Å². The maximum Gasteiger partial charge on any atom is 0.243 e. The van der Waals surface area contributed by atoms with Crippen molar-refractivity contribution in [2.24, 2.45) is 0 Å². The lowest BCUT2D eigenvalue weighted by molar-refractivity contribution is -0.129. The second kappa shape index (κ2) is 7.25. The van der Waals surface area contributed by atoms with Gasteiger partial charge in [0.05, 0.1) is 4.90 Å². The van der Waals surface area contributed by atoms with Crippen LogP contribution in [-0.2, 0) is 14.8 Å². The van der Waals surface area contributed by atoms with Gasteiger partial charge in [-0.05, 0) is 36.4 Å². The molecule has 0 saturated carbocycles. The minimum Gasteiger partial charge on any atom is -0.457 e. The molecule has 0 radical (unpaired) electrons. The van der Waals surface area contributed by atoms with Crippen molar-refractivity contribution in [3.05, 3.63) is 54.6 Å². The van der Waals surface area contributed by atoms with E-state index in [1.54, 1.807) is 29.2 Å². The van der Waals surface area contributed by atoms with Crippen LogP contribution in [0.3, 0.4) is 0 Å². The molecule has 0 aliphatic carbocycles. The van der Waals surface area contributed by atoms with Gasteiger partial charge in [0.15, 0.2) is 0 Å². The third-order valence-electron chi connectivity index (χ3n) is 4.12. The van der Waals surface area contributed by atoms with Crippen LogP contribution in [0.25, 0.3) is 0 Å². The minimum absolute atomic E-state index is 0.0283. The Morgan fingerprint density at radius 3 is 2.00 bits per heavy atom. The number of piperazine rings is 1. The number of para-hydroxylation sites is 1. The second-order valence-corrected chi connectivity index (χ2v) is 7.73. The molecule has 1 aliphatic heterocycles. The summed E-state index contributed by atoms with van der Waals surface area (Å²) in [6, 6.07) is 15.7. The maximum absolute atomic E-state index is 12.7. The highest BCUT2D eigenvalue weighted by atomic mass is 32.2. The highest BCUT2D eigenvalue weighted by Crippen LogP contribution is 2.24. The first-order valence-electron chi connectivity index (χ1n) is 8.05. The third-order valence-corrected chi connectivity index (χ3v) is 6.04. The molecular formula is C18H20N2O4S. The predicted molar refractivity (Wildman–Crippen MR) is 94.0 cm³/mol. The van der Waals surface area contributed by atoms with Crippen molar-refractivity contribution in [1.82, 2.24) is 9.21 Å². The van der Waals surface area contributed by atoms with Gasteiger partial charge in [-0.25, -0.2) is 8.42 Å². The molecule has 0 spiro atoms. The topological polar surface area (TPSA) is 66.9 Å². The van der Waals surface area contributed by atoms with Gasteiger partial charge in [0.25, 0.3) is 0 Å². The van der Waals surface area contributed by atoms with Crippen molar-refractivity contribution in [3.8, 4) is 11.5 Å². The van der Waals surface area contributed by atoms with Crippen molar-refractivity contribution in [1.29, 1.82) is 0 Å². The molecule has 1 saturated heterocycles. The lowest BCUT2D eigenvalue weighted by atomic mass is 10.3. The van der Waals surface area contributed by atoms with Crippen LogP contribution in [0.5, 0.6) is 11.5 Å². The molecule has 1 aliphatic rings. The summed E-state index contributed by atoms with van der Waals surface area (Å²) in [6.07, 6.45) is 0. The van der Waals surface area contributed by atoms with Crippen LogP contribution in [0.1, 0.15) is 6.92 Å². The fourth-order valence-corrected chi connectivity index (χ4v) is 4.12. The summed E-state index contributed by atoms with van der Waals surface area (Å²) in [5.74, 6) is 1.24. The lowest BCUT2D eigenvalue weighted by Gasteiger charge is -2.33. The Morgan fingerprint density at radius 1 is 0.880 bits per heavy atom. The molecule has 0 aromatic heterocycles. The SMILES string of the molecule is CC(=O)N1CCN(S(=O)(=O)c2ccc(Oc3ccccc3)cc2)CC1. The molecule has 132 valence electrons. The van der Waals surface area contributed by atoms with E-state index >= 15 is 0 Å². The van der Waals surface area contributed by atoms with E-state index in [1.165, 1.54) is 11.2 Å². The van der Waals surface area contributed by atoms with Crippen LogP contribution in [0.2, 0.25) is 0 Å². The fourth-order valence-electron chi connectivity index (χ4n) is 2.70. The first-order chi connectivity index (χ1) is 12.0. The monoisotopic (exact) mass is 360 g/mol. The number of ether oxygens (including phenoxy) is 1. The average Bonchev–Trinajstić information content (AvgIpc) is 2.63. The summed E-state index contributed by atoms with van der Waals surface area (Å²) in [6.45, 7) is 2.96. The second-order valence-electron chi connectivity index (χ2n) is 5.80. The third kappa shape index (κ3) is 4.00. The Balaban J connectivity index is 1.70. The molecule has 1 heterocycles. The van der Waals surface area contributed by atoms with Crippen molar-refractivity contribution >= 4 is 15.9 Å². The van der Waals surface area contributed by atoms with E-state index in [0.717, 1.165) is 0 Å². The molecule has 1 fully saturated rings. The molecule has 6 nitrogen and oxygen atoms in total.